The Bertz CT molecular complexity index is 473. The van der Waals surface area contributed by atoms with Gasteiger partial charge in [-0.1, -0.05) is 43.0 Å². The summed E-state index contributed by atoms with van der Waals surface area (Å²) in [5, 5.41) is 10.9. The van der Waals surface area contributed by atoms with Gasteiger partial charge in [-0.05, 0) is 30.2 Å². The highest BCUT2D eigenvalue weighted by molar-refractivity contribution is 7.99. The fourth-order valence-corrected chi connectivity index (χ4v) is 2.54. The van der Waals surface area contributed by atoms with E-state index in [2.05, 4.69) is 4.98 Å². The van der Waals surface area contributed by atoms with Crippen LogP contribution in [0.4, 0.5) is 0 Å². The van der Waals surface area contributed by atoms with Crippen molar-refractivity contribution in [3.8, 4) is 0 Å². The van der Waals surface area contributed by atoms with E-state index < -0.39 is 6.10 Å². The molecule has 0 aliphatic rings. The average molecular weight is 245 g/mol. The molecule has 0 spiro atoms. The van der Waals surface area contributed by atoms with Crippen LogP contribution in [0.3, 0.4) is 0 Å². The van der Waals surface area contributed by atoms with Gasteiger partial charge >= 0.3 is 0 Å². The molecule has 0 amide bonds. The van der Waals surface area contributed by atoms with Gasteiger partial charge in [0.2, 0.25) is 0 Å². The van der Waals surface area contributed by atoms with Crippen molar-refractivity contribution in [3.05, 3.63) is 54.2 Å². The number of aliphatic hydroxyl groups is 1. The van der Waals surface area contributed by atoms with E-state index >= 15 is 0 Å². The summed E-state index contributed by atoms with van der Waals surface area (Å²) < 4.78 is 0. The topological polar surface area (TPSA) is 33.1 Å². The van der Waals surface area contributed by atoms with Crippen molar-refractivity contribution < 1.29 is 5.11 Å². The van der Waals surface area contributed by atoms with Gasteiger partial charge in [-0.25, -0.2) is 4.98 Å². The van der Waals surface area contributed by atoms with Gasteiger partial charge in [0.15, 0.2) is 0 Å². The molecule has 1 heterocycles. The zero-order valence-corrected chi connectivity index (χ0v) is 10.5. The maximum absolute atomic E-state index is 9.95. The number of hydrogen-bond acceptors (Lipinski definition) is 3. The molecule has 1 atom stereocenters. The summed E-state index contributed by atoms with van der Waals surface area (Å²) in [6, 6.07) is 13.8. The second-order valence-corrected chi connectivity index (χ2v) is 4.79. The van der Waals surface area contributed by atoms with Crippen molar-refractivity contribution in [2.45, 2.75) is 29.4 Å². The molecule has 0 bridgehead atoms. The lowest BCUT2D eigenvalue weighted by Crippen LogP contribution is -1.97. The van der Waals surface area contributed by atoms with Crippen LogP contribution in [-0.2, 0) is 0 Å². The van der Waals surface area contributed by atoms with Gasteiger partial charge in [-0.2, -0.15) is 0 Å². The van der Waals surface area contributed by atoms with Crippen LogP contribution < -0.4 is 0 Å². The highest BCUT2D eigenvalue weighted by Gasteiger charge is 2.11. The van der Waals surface area contributed by atoms with Crippen molar-refractivity contribution in [2.75, 3.05) is 0 Å². The van der Waals surface area contributed by atoms with E-state index in [1.165, 1.54) is 0 Å². The molecule has 0 radical (unpaired) electrons. The summed E-state index contributed by atoms with van der Waals surface area (Å²) >= 11 is 1.59. The molecule has 0 fully saturated rings. The van der Waals surface area contributed by atoms with Crippen LogP contribution >= 0.6 is 11.8 Å². The first-order valence-corrected chi connectivity index (χ1v) is 6.48. The predicted octanol–water partition coefficient (Wildman–Crippen LogP) is 3.68. The first-order chi connectivity index (χ1) is 8.31. The lowest BCUT2D eigenvalue weighted by molar-refractivity contribution is 0.171. The molecule has 3 heteroatoms. The highest BCUT2D eigenvalue weighted by atomic mass is 32.2. The lowest BCUT2D eigenvalue weighted by Gasteiger charge is -2.12. The number of aromatic nitrogens is 1. The fourth-order valence-electron chi connectivity index (χ4n) is 1.59. The molecule has 0 saturated carbocycles. The summed E-state index contributed by atoms with van der Waals surface area (Å²) in [6.07, 6.45) is 2.10. The molecular formula is C14H15NOS. The van der Waals surface area contributed by atoms with Gasteiger partial charge in [-0.15, -0.1) is 0 Å². The zero-order chi connectivity index (χ0) is 12.1. The van der Waals surface area contributed by atoms with Crippen molar-refractivity contribution >= 4 is 11.8 Å². The second kappa shape index (κ2) is 5.84. The SMILES string of the molecule is CC[C@@H](O)c1ccccc1Sc1ccccn1. The van der Waals surface area contributed by atoms with Crippen molar-refractivity contribution in [3.63, 3.8) is 0 Å². The van der Waals surface area contributed by atoms with E-state index in [4.69, 9.17) is 0 Å². The standard InChI is InChI=1S/C14H15NOS/c1-2-12(16)11-7-3-4-8-13(11)17-14-9-5-6-10-15-14/h3-10,12,16H,2H2,1H3/t12-/m1/s1. The minimum atomic E-state index is -0.401. The molecule has 2 aromatic rings. The predicted molar refractivity (Wildman–Crippen MR) is 70.1 cm³/mol. The van der Waals surface area contributed by atoms with E-state index in [9.17, 15) is 5.11 Å². The average Bonchev–Trinajstić information content (AvgIpc) is 2.40. The van der Waals surface area contributed by atoms with Gasteiger partial charge < -0.3 is 5.11 Å². The highest BCUT2D eigenvalue weighted by Crippen LogP contribution is 2.32. The number of rotatable bonds is 4. The van der Waals surface area contributed by atoms with Crippen LogP contribution in [-0.4, -0.2) is 10.1 Å². The third-order valence-corrected chi connectivity index (χ3v) is 3.56. The molecule has 1 N–H and O–H groups in total. The van der Waals surface area contributed by atoms with Gasteiger partial charge in [0.05, 0.1) is 6.10 Å². The Morgan fingerprint density at radius 2 is 1.94 bits per heavy atom. The van der Waals surface area contributed by atoms with Crippen LogP contribution in [0.25, 0.3) is 0 Å². The molecule has 0 unspecified atom stereocenters. The van der Waals surface area contributed by atoms with Gasteiger partial charge in [0.1, 0.15) is 5.03 Å². The summed E-state index contributed by atoms with van der Waals surface area (Å²) in [5.74, 6) is 0. The summed E-state index contributed by atoms with van der Waals surface area (Å²) in [6.45, 7) is 1.98. The Morgan fingerprint density at radius 3 is 2.65 bits per heavy atom. The Kier molecular flexibility index (Phi) is 4.18. The van der Waals surface area contributed by atoms with Crippen molar-refractivity contribution in [1.29, 1.82) is 0 Å². The fraction of sp³-hybridized carbons (Fsp3) is 0.214. The number of pyridine rings is 1. The molecule has 1 aromatic carbocycles. The van der Waals surface area contributed by atoms with E-state index in [0.29, 0.717) is 0 Å². The Hall–Kier alpha value is -1.32. The van der Waals surface area contributed by atoms with Crippen LogP contribution in [0.1, 0.15) is 25.0 Å². The Balaban J connectivity index is 2.27. The van der Waals surface area contributed by atoms with Crippen molar-refractivity contribution in [2.24, 2.45) is 0 Å². The second-order valence-electron chi connectivity index (χ2n) is 3.73. The number of aliphatic hydroxyl groups excluding tert-OH is 1. The van der Waals surface area contributed by atoms with E-state index in [1.54, 1.807) is 18.0 Å². The zero-order valence-electron chi connectivity index (χ0n) is 9.71. The molecular weight excluding hydrogens is 230 g/mol. The third-order valence-electron chi connectivity index (χ3n) is 2.52. The first kappa shape index (κ1) is 12.1. The van der Waals surface area contributed by atoms with Gasteiger partial charge in [0.25, 0.3) is 0 Å². The van der Waals surface area contributed by atoms with Gasteiger partial charge in [-0.3, -0.25) is 0 Å². The van der Waals surface area contributed by atoms with Crippen LogP contribution in [0, 0.1) is 0 Å². The van der Waals surface area contributed by atoms with E-state index in [0.717, 1.165) is 21.9 Å². The van der Waals surface area contributed by atoms with Gasteiger partial charge in [0, 0.05) is 11.1 Å². The molecule has 2 nitrogen and oxygen atoms in total. The van der Waals surface area contributed by atoms with E-state index in [-0.39, 0.29) is 0 Å². The smallest absolute Gasteiger partial charge is 0.101 e. The maximum Gasteiger partial charge on any atom is 0.101 e. The van der Waals surface area contributed by atoms with Crippen LogP contribution in [0.15, 0.2) is 58.6 Å². The lowest BCUT2D eigenvalue weighted by atomic mass is 10.1. The molecule has 0 aliphatic carbocycles. The quantitative estimate of drug-likeness (QED) is 0.892. The number of hydrogen-bond donors (Lipinski definition) is 1. The molecule has 2 rings (SSSR count). The summed E-state index contributed by atoms with van der Waals surface area (Å²) in [5.41, 5.74) is 0.977. The first-order valence-electron chi connectivity index (χ1n) is 5.67. The molecule has 0 aliphatic heterocycles. The normalized spacial score (nSPS) is 12.4. The molecule has 17 heavy (non-hydrogen) atoms. The summed E-state index contributed by atoms with van der Waals surface area (Å²) in [7, 11) is 0. The van der Waals surface area contributed by atoms with E-state index in [1.807, 2.05) is 49.4 Å². The molecule has 88 valence electrons. The van der Waals surface area contributed by atoms with Crippen LogP contribution in [0.5, 0.6) is 0 Å². The molecule has 0 saturated heterocycles. The maximum atomic E-state index is 9.95. The number of nitrogens with zero attached hydrogens (tertiary/aromatic N) is 1. The summed E-state index contributed by atoms with van der Waals surface area (Å²) in [4.78, 5) is 5.35. The Morgan fingerprint density at radius 1 is 1.18 bits per heavy atom. The van der Waals surface area contributed by atoms with Crippen molar-refractivity contribution in [1.82, 2.24) is 4.98 Å². The minimum absolute atomic E-state index is 0.401. The largest absolute Gasteiger partial charge is 0.388 e. The van der Waals surface area contributed by atoms with Crippen LogP contribution in [0.2, 0.25) is 0 Å². The Labute approximate surface area is 106 Å². The monoisotopic (exact) mass is 245 g/mol. The molecule has 1 aromatic heterocycles. The third kappa shape index (κ3) is 3.08. The number of benzene rings is 1. The minimum Gasteiger partial charge on any atom is -0.388 e.